The molecule has 0 saturated carbocycles. The van der Waals surface area contributed by atoms with Crippen molar-refractivity contribution in [1.29, 1.82) is 0 Å². The molecule has 0 radical (unpaired) electrons. The van der Waals surface area contributed by atoms with Gasteiger partial charge in [-0.2, -0.15) is 0 Å². The molecule has 3 rings (SSSR count). The zero-order chi connectivity index (χ0) is 15.7. The van der Waals surface area contributed by atoms with Crippen LogP contribution in [0.4, 0.5) is 0 Å². The molecule has 0 aliphatic carbocycles. The van der Waals surface area contributed by atoms with Crippen LogP contribution in [0.15, 0.2) is 12.1 Å². The van der Waals surface area contributed by atoms with Crippen LogP contribution in [0.25, 0.3) is 0 Å². The molecule has 2 aliphatic heterocycles. The molecule has 1 aromatic rings. The van der Waals surface area contributed by atoms with Gasteiger partial charge in [0.1, 0.15) is 0 Å². The molecule has 2 atom stereocenters. The summed E-state index contributed by atoms with van der Waals surface area (Å²) < 4.78 is 5.29. The first-order valence-corrected chi connectivity index (χ1v) is 8.55. The predicted molar refractivity (Wildman–Crippen MR) is 88.1 cm³/mol. The van der Waals surface area contributed by atoms with Crippen LogP contribution in [0, 0.1) is 0 Å². The molecule has 0 bridgehead atoms. The minimum atomic E-state index is 0.00497. The van der Waals surface area contributed by atoms with Gasteiger partial charge < -0.3 is 15.6 Å². The van der Waals surface area contributed by atoms with Crippen LogP contribution in [0.2, 0.25) is 0 Å². The molecule has 4 nitrogen and oxygen atoms in total. The third-order valence-corrected chi connectivity index (χ3v) is 5.47. The number of unbranched alkanes of at least 4 members (excludes halogenated alkanes) is 1. The maximum absolute atomic E-state index is 10.3. The van der Waals surface area contributed by atoms with Crippen molar-refractivity contribution in [2.24, 2.45) is 5.73 Å². The molecule has 122 valence electrons. The van der Waals surface area contributed by atoms with E-state index in [0.717, 1.165) is 25.8 Å². The van der Waals surface area contributed by atoms with Gasteiger partial charge in [-0.1, -0.05) is 19.8 Å². The van der Waals surface area contributed by atoms with Gasteiger partial charge in [-0.15, -0.1) is 0 Å². The molecular formula is C18H28N2O2. The normalized spacial score (nSPS) is 28.0. The van der Waals surface area contributed by atoms with E-state index in [0.29, 0.717) is 5.75 Å². The Bertz CT molecular complexity index is 546. The molecule has 1 fully saturated rings. The number of phenols is 1. The number of aromatic hydroxyl groups is 1. The van der Waals surface area contributed by atoms with Gasteiger partial charge in [0, 0.05) is 18.5 Å². The lowest BCUT2D eigenvalue weighted by molar-refractivity contribution is -0.0147. The number of hydrogen-bond donors (Lipinski definition) is 2. The van der Waals surface area contributed by atoms with E-state index in [9.17, 15) is 5.11 Å². The lowest BCUT2D eigenvalue weighted by Crippen LogP contribution is -2.60. The van der Waals surface area contributed by atoms with E-state index in [2.05, 4.69) is 11.8 Å². The molecule has 2 heterocycles. The summed E-state index contributed by atoms with van der Waals surface area (Å²) in [7, 11) is 1.60. The van der Waals surface area contributed by atoms with Crippen LogP contribution >= 0.6 is 0 Å². The molecule has 0 amide bonds. The van der Waals surface area contributed by atoms with Gasteiger partial charge in [0.25, 0.3) is 0 Å². The Kier molecular flexibility index (Phi) is 4.33. The first-order chi connectivity index (χ1) is 10.6. The molecule has 22 heavy (non-hydrogen) atoms. The Labute approximate surface area is 133 Å². The zero-order valence-electron chi connectivity index (χ0n) is 13.8. The second kappa shape index (κ2) is 6.09. The highest BCUT2D eigenvalue weighted by molar-refractivity contribution is 5.50. The lowest BCUT2D eigenvalue weighted by Gasteiger charge is -2.54. The summed E-state index contributed by atoms with van der Waals surface area (Å²) in [4.78, 5) is 2.50. The van der Waals surface area contributed by atoms with Crippen molar-refractivity contribution in [2.75, 3.05) is 13.7 Å². The first-order valence-electron chi connectivity index (χ1n) is 8.55. The van der Waals surface area contributed by atoms with E-state index >= 15 is 0 Å². The maximum atomic E-state index is 10.3. The van der Waals surface area contributed by atoms with Gasteiger partial charge in [-0.25, -0.2) is 0 Å². The van der Waals surface area contributed by atoms with E-state index in [1.807, 2.05) is 12.1 Å². The molecule has 4 heteroatoms. The molecule has 1 saturated heterocycles. The smallest absolute Gasteiger partial charge is 0.160 e. The number of nitrogens with zero attached hydrogens (tertiary/aromatic N) is 1. The van der Waals surface area contributed by atoms with Crippen LogP contribution < -0.4 is 10.5 Å². The minimum absolute atomic E-state index is 0.00497. The van der Waals surface area contributed by atoms with Crippen molar-refractivity contribution in [1.82, 2.24) is 4.90 Å². The molecule has 0 spiro atoms. The fourth-order valence-corrected chi connectivity index (χ4v) is 4.41. The number of ether oxygens (including phenoxy) is 1. The summed E-state index contributed by atoms with van der Waals surface area (Å²) >= 11 is 0. The number of hydrogen-bond acceptors (Lipinski definition) is 4. The molecule has 2 unspecified atom stereocenters. The SMILES string of the molecule is CCCCC12CCCCN1C(N)Cc1cc(OC)c(O)cc12. The van der Waals surface area contributed by atoms with Gasteiger partial charge in [-0.05, 0) is 48.9 Å². The van der Waals surface area contributed by atoms with E-state index in [-0.39, 0.29) is 17.5 Å². The third-order valence-electron chi connectivity index (χ3n) is 5.47. The Hall–Kier alpha value is -1.26. The van der Waals surface area contributed by atoms with Crippen molar-refractivity contribution >= 4 is 0 Å². The summed E-state index contributed by atoms with van der Waals surface area (Å²) in [5.41, 5.74) is 9.04. The van der Waals surface area contributed by atoms with Gasteiger partial charge in [0.15, 0.2) is 11.5 Å². The Morgan fingerprint density at radius 3 is 2.95 bits per heavy atom. The van der Waals surface area contributed by atoms with Crippen LogP contribution in [-0.2, 0) is 12.0 Å². The molecule has 0 aromatic heterocycles. The highest BCUT2D eigenvalue weighted by Crippen LogP contribution is 2.49. The van der Waals surface area contributed by atoms with Gasteiger partial charge >= 0.3 is 0 Å². The molecular weight excluding hydrogens is 276 g/mol. The Morgan fingerprint density at radius 2 is 2.23 bits per heavy atom. The quantitative estimate of drug-likeness (QED) is 0.897. The summed E-state index contributed by atoms with van der Waals surface area (Å²) in [6.45, 7) is 3.30. The average Bonchev–Trinajstić information content (AvgIpc) is 2.53. The summed E-state index contributed by atoms with van der Waals surface area (Å²) in [6, 6.07) is 3.93. The standard InChI is InChI=1S/C18H28N2O2/c1-3-4-7-18-8-5-6-9-20(18)17(19)11-13-10-16(22-2)15(21)12-14(13)18/h10,12,17,21H,3-9,11,19H2,1-2H3. The monoisotopic (exact) mass is 304 g/mol. The lowest BCUT2D eigenvalue weighted by atomic mass is 9.71. The number of phenolic OH excluding ortho intramolecular Hbond substituents is 1. The largest absolute Gasteiger partial charge is 0.504 e. The Morgan fingerprint density at radius 1 is 1.41 bits per heavy atom. The molecule has 2 aliphatic rings. The van der Waals surface area contributed by atoms with Crippen LogP contribution in [0.3, 0.4) is 0 Å². The average molecular weight is 304 g/mol. The number of piperidine rings is 1. The van der Waals surface area contributed by atoms with Crippen molar-refractivity contribution in [2.45, 2.75) is 63.6 Å². The minimum Gasteiger partial charge on any atom is -0.504 e. The van der Waals surface area contributed by atoms with Crippen molar-refractivity contribution in [3.05, 3.63) is 23.3 Å². The number of benzene rings is 1. The number of nitrogens with two attached hydrogens (primary N) is 1. The number of rotatable bonds is 4. The van der Waals surface area contributed by atoms with Crippen molar-refractivity contribution in [3.63, 3.8) is 0 Å². The fourth-order valence-electron chi connectivity index (χ4n) is 4.41. The van der Waals surface area contributed by atoms with Crippen LogP contribution in [0.1, 0.15) is 56.6 Å². The molecule has 1 aromatic carbocycles. The van der Waals surface area contributed by atoms with Crippen LogP contribution in [0.5, 0.6) is 11.5 Å². The van der Waals surface area contributed by atoms with E-state index in [1.165, 1.54) is 36.8 Å². The van der Waals surface area contributed by atoms with Crippen molar-refractivity contribution in [3.8, 4) is 11.5 Å². The van der Waals surface area contributed by atoms with Crippen molar-refractivity contribution < 1.29 is 9.84 Å². The highest BCUT2D eigenvalue weighted by Gasteiger charge is 2.46. The van der Waals surface area contributed by atoms with Gasteiger partial charge in [0.05, 0.1) is 13.3 Å². The third kappa shape index (κ3) is 2.38. The molecule has 3 N–H and O–H groups in total. The number of fused-ring (bicyclic) bond motifs is 3. The second-order valence-corrected chi connectivity index (χ2v) is 6.74. The van der Waals surface area contributed by atoms with E-state index in [1.54, 1.807) is 7.11 Å². The summed E-state index contributed by atoms with van der Waals surface area (Å²) in [5, 5.41) is 10.3. The predicted octanol–water partition coefficient (Wildman–Crippen LogP) is 3.11. The second-order valence-electron chi connectivity index (χ2n) is 6.74. The van der Waals surface area contributed by atoms with E-state index < -0.39 is 0 Å². The summed E-state index contributed by atoms with van der Waals surface area (Å²) in [5.74, 6) is 0.805. The highest BCUT2D eigenvalue weighted by atomic mass is 16.5. The summed E-state index contributed by atoms with van der Waals surface area (Å²) in [6.07, 6.45) is 7.99. The van der Waals surface area contributed by atoms with Gasteiger partial charge in [-0.3, -0.25) is 4.90 Å². The topological polar surface area (TPSA) is 58.7 Å². The van der Waals surface area contributed by atoms with Gasteiger partial charge in [0.2, 0.25) is 0 Å². The first kappa shape index (κ1) is 15.6. The van der Waals surface area contributed by atoms with Crippen LogP contribution in [-0.4, -0.2) is 29.8 Å². The van der Waals surface area contributed by atoms with E-state index in [4.69, 9.17) is 10.5 Å². The Balaban J connectivity index is 2.11. The maximum Gasteiger partial charge on any atom is 0.160 e. The zero-order valence-corrected chi connectivity index (χ0v) is 13.8. The number of methoxy groups -OCH3 is 1. The fraction of sp³-hybridized carbons (Fsp3) is 0.667.